The van der Waals surface area contributed by atoms with Gasteiger partial charge in [0, 0.05) is 18.6 Å². The molecule has 1 N–H and O–H groups in total. The van der Waals surface area contributed by atoms with Gasteiger partial charge in [0.2, 0.25) is 5.91 Å². The maximum Gasteiger partial charge on any atom is 0.261 e. The number of nitrogens with zero attached hydrogens (tertiary/aromatic N) is 1. The molecule has 0 radical (unpaired) electrons. The number of nitrogens with one attached hydrogen (secondary N) is 1. The Morgan fingerprint density at radius 2 is 1.89 bits per heavy atom. The first-order chi connectivity index (χ1) is 12.9. The van der Waals surface area contributed by atoms with Crippen molar-refractivity contribution in [1.29, 1.82) is 0 Å². The molecule has 0 heterocycles. The number of amides is 2. The number of aryl methyl sites for hydroxylation is 1. The number of benzene rings is 2. The van der Waals surface area contributed by atoms with E-state index in [0.29, 0.717) is 23.7 Å². The van der Waals surface area contributed by atoms with Gasteiger partial charge in [-0.2, -0.15) is 0 Å². The Bertz CT molecular complexity index is 777. The third-order valence-corrected chi connectivity index (χ3v) is 4.50. The highest BCUT2D eigenvalue weighted by molar-refractivity contribution is 6.30. The van der Waals surface area contributed by atoms with Gasteiger partial charge in [-0.15, -0.1) is 0 Å². The first kappa shape index (κ1) is 20.8. The van der Waals surface area contributed by atoms with Crippen molar-refractivity contribution >= 4 is 23.4 Å². The average Bonchev–Trinajstić information content (AvgIpc) is 2.67. The van der Waals surface area contributed by atoms with Crippen molar-refractivity contribution in [3.8, 4) is 5.75 Å². The van der Waals surface area contributed by atoms with Crippen LogP contribution in [0.2, 0.25) is 5.02 Å². The van der Waals surface area contributed by atoms with E-state index >= 15 is 0 Å². The second kappa shape index (κ2) is 9.97. The van der Waals surface area contributed by atoms with Crippen LogP contribution in [0.4, 0.5) is 0 Å². The van der Waals surface area contributed by atoms with Crippen LogP contribution in [0, 0.1) is 6.92 Å². The van der Waals surface area contributed by atoms with Gasteiger partial charge in [0.15, 0.2) is 6.61 Å². The molecule has 0 aromatic heterocycles. The summed E-state index contributed by atoms with van der Waals surface area (Å²) >= 11 is 5.94. The second-order valence-corrected chi connectivity index (χ2v) is 6.73. The Kier molecular flexibility index (Phi) is 7.67. The largest absolute Gasteiger partial charge is 0.484 e. The third kappa shape index (κ3) is 6.00. The molecule has 0 saturated heterocycles. The van der Waals surface area contributed by atoms with E-state index in [1.807, 2.05) is 44.2 Å². The SMILES string of the molecule is CC[C@@H](C(=O)NC)N(Cc1ccc(Cl)cc1)C(=O)COc1cccc(C)c1. The predicted octanol–water partition coefficient (Wildman–Crippen LogP) is 3.58. The maximum absolute atomic E-state index is 12.9. The average molecular weight is 389 g/mol. The summed E-state index contributed by atoms with van der Waals surface area (Å²) in [7, 11) is 1.57. The van der Waals surface area contributed by atoms with Gasteiger partial charge < -0.3 is 15.0 Å². The van der Waals surface area contributed by atoms with Crippen molar-refractivity contribution in [2.75, 3.05) is 13.7 Å². The van der Waals surface area contributed by atoms with Crippen LogP contribution in [0.3, 0.4) is 0 Å². The van der Waals surface area contributed by atoms with E-state index in [9.17, 15) is 9.59 Å². The molecule has 5 nitrogen and oxygen atoms in total. The van der Waals surface area contributed by atoms with Gasteiger partial charge in [-0.3, -0.25) is 9.59 Å². The number of carbonyl (C=O) groups excluding carboxylic acids is 2. The standard InChI is InChI=1S/C21H25ClN2O3/c1-4-19(21(26)23-3)24(13-16-8-10-17(22)11-9-16)20(25)14-27-18-7-5-6-15(2)12-18/h5-12,19H,4,13-14H2,1-3H3,(H,23,26)/t19-/m0/s1. The van der Waals surface area contributed by atoms with Gasteiger partial charge in [0.25, 0.3) is 5.91 Å². The van der Waals surface area contributed by atoms with E-state index in [-0.39, 0.29) is 18.4 Å². The summed E-state index contributed by atoms with van der Waals surface area (Å²) in [5.41, 5.74) is 1.94. The van der Waals surface area contributed by atoms with Gasteiger partial charge in [-0.25, -0.2) is 0 Å². The Balaban J connectivity index is 2.17. The topological polar surface area (TPSA) is 58.6 Å². The number of hydrogen-bond donors (Lipinski definition) is 1. The molecule has 2 aromatic carbocycles. The van der Waals surface area contributed by atoms with Crippen LogP contribution in [-0.4, -0.2) is 36.4 Å². The number of likely N-dealkylation sites (N-methyl/N-ethyl adjacent to an activating group) is 1. The molecule has 6 heteroatoms. The van der Waals surface area contributed by atoms with E-state index in [1.165, 1.54) is 0 Å². The van der Waals surface area contributed by atoms with Crippen molar-refractivity contribution < 1.29 is 14.3 Å². The highest BCUT2D eigenvalue weighted by atomic mass is 35.5. The molecule has 2 amide bonds. The maximum atomic E-state index is 12.9. The molecule has 0 fully saturated rings. The molecule has 0 unspecified atom stereocenters. The van der Waals surface area contributed by atoms with Crippen LogP contribution >= 0.6 is 11.6 Å². The summed E-state index contributed by atoms with van der Waals surface area (Å²) in [5.74, 6) is 0.181. The lowest BCUT2D eigenvalue weighted by molar-refractivity contribution is -0.142. The fourth-order valence-corrected chi connectivity index (χ4v) is 2.93. The monoisotopic (exact) mass is 388 g/mol. The quantitative estimate of drug-likeness (QED) is 0.751. The molecule has 0 aliphatic heterocycles. The lowest BCUT2D eigenvalue weighted by Gasteiger charge is -2.30. The molecule has 2 aromatic rings. The van der Waals surface area contributed by atoms with Crippen molar-refractivity contribution in [2.45, 2.75) is 32.9 Å². The number of hydrogen-bond acceptors (Lipinski definition) is 3. The summed E-state index contributed by atoms with van der Waals surface area (Å²) in [6, 6.07) is 14.2. The summed E-state index contributed by atoms with van der Waals surface area (Å²) in [6.45, 7) is 4.01. The highest BCUT2D eigenvalue weighted by Crippen LogP contribution is 2.17. The summed E-state index contributed by atoms with van der Waals surface area (Å²) in [4.78, 5) is 26.7. The normalized spacial score (nSPS) is 11.6. The molecule has 144 valence electrons. The first-order valence-corrected chi connectivity index (χ1v) is 9.27. The van der Waals surface area contributed by atoms with Gasteiger partial charge in [-0.1, -0.05) is 42.8 Å². The van der Waals surface area contributed by atoms with Crippen LogP contribution in [0.1, 0.15) is 24.5 Å². The zero-order valence-corrected chi connectivity index (χ0v) is 16.6. The van der Waals surface area contributed by atoms with E-state index < -0.39 is 6.04 Å². The molecule has 0 bridgehead atoms. The van der Waals surface area contributed by atoms with Crippen molar-refractivity contribution in [1.82, 2.24) is 10.2 Å². The smallest absolute Gasteiger partial charge is 0.261 e. The fourth-order valence-electron chi connectivity index (χ4n) is 2.81. The second-order valence-electron chi connectivity index (χ2n) is 6.29. The zero-order valence-electron chi connectivity index (χ0n) is 15.9. The van der Waals surface area contributed by atoms with Crippen molar-refractivity contribution in [3.63, 3.8) is 0 Å². The fraction of sp³-hybridized carbons (Fsp3) is 0.333. The van der Waals surface area contributed by atoms with E-state index in [4.69, 9.17) is 16.3 Å². The van der Waals surface area contributed by atoms with Crippen LogP contribution < -0.4 is 10.1 Å². The molecule has 1 atom stereocenters. The lowest BCUT2D eigenvalue weighted by atomic mass is 10.1. The Labute approximate surface area is 165 Å². The molecular weight excluding hydrogens is 364 g/mol. The Morgan fingerprint density at radius 1 is 1.19 bits per heavy atom. The van der Waals surface area contributed by atoms with Crippen LogP contribution in [0.5, 0.6) is 5.75 Å². The number of halogens is 1. The van der Waals surface area contributed by atoms with E-state index in [0.717, 1.165) is 11.1 Å². The highest BCUT2D eigenvalue weighted by Gasteiger charge is 2.28. The van der Waals surface area contributed by atoms with Crippen molar-refractivity contribution in [2.24, 2.45) is 0 Å². The van der Waals surface area contributed by atoms with Gasteiger partial charge in [-0.05, 0) is 48.7 Å². The van der Waals surface area contributed by atoms with Gasteiger partial charge in [0.05, 0.1) is 0 Å². The number of ether oxygens (including phenoxy) is 1. The summed E-state index contributed by atoms with van der Waals surface area (Å²) in [6.07, 6.45) is 0.503. The molecule has 0 aliphatic carbocycles. The molecule has 2 rings (SSSR count). The number of carbonyl (C=O) groups is 2. The van der Waals surface area contributed by atoms with Crippen molar-refractivity contribution in [3.05, 3.63) is 64.7 Å². The Hall–Kier alpha value is -2.53. The van der Waals surface area contributed by atoms with Crippen LogP contribution in [-0.2, 0) is 16.1 Å². The van der Waals surface area contributed by atoms with Gasteiger partial charge in [0.1, 0.15) is 11.8 Å². The minimum Gasteiger partial charge on any atom is -0.484 e. The van der Waals surface area contributed by atoms with E-state index in [2.05, 4.69) is 5.32 Å². The molecule has 0 saturated carbocycles. The first-order valence-electron chi connectivity index (χ1n) is 8.89. The van der Waals surface area contributed by atoms with Crippen LogP contribution in [0.25, 0.3) is 0 Å². The minimum atomic E-state index is -0.570. The Morgan fingerprint density at radius 3 is 2.48 bits per heavy atom. The molecule has 0 spiro atoms. The number of rotatable bonds is 8. The minimum absolute atomic E-state index is 0.134. The predicted molar refractivity (Wildman–Crippen MR) is 107 cm³/mol. The molecule has 0 aliphatic rings. The van der Waals surface area contributed by atoms with E-state index in [1.54, 1.807) is 30.1 Å². The molecular formula is C21H25ClN2O3. The summed E-state index contributed by atoms with van der Waals surface area (Å²) in [5, 5.41) is 3.26. The van der Waals surface area contributed by atoms with Gasteiger partial charge >= 0.3 is 0 Å². The van der Waals surface area contributed by atoms with Crippen LogP contribution in [0.15, 0.2) is 48.5 Å². The molecule has 27 heavy (non-hydrogen) atoms. The zero-order chi connectivity index (χ0) is 19.8. The summed E-state index contributed by atoms with van der Waals surface area (Å²) < 4.78 is 5.65. The third-order valence-electron chi connectivity index (χ3n) is 4.25. The lowest BCUT2D eigenvalue weighted by Crippen LogP contribution is -2.49.